The highest BCUT2D eigenvalue weighted by Crippen LogP contribution is 2.45. The molecular weight excluding hydrogens is 725 g/mol. The second-order valence-corrected chi connectivity index (χ2v) is 15.3. The fourth-order valence-corrected chi connectivity index (χ4v) is 9.00. The van der Waals surface area contributed by atoms with E-state index >= 15 is 0 Å². The van der Waals surface area contributed by atoms with Gasteiger partial charge in [0.05, 0.1) is 11.0 Å². The van der Waals surface area contributed by atoms with E-state index in [1.165, 1.54) is 77.1 Å². The third-order valence-corrected chi connectivity index (χ3v) is 11.8. The number of hydrogen-bond acceptors (Lipinski definition) is 1. The van der Waals surface area contributed by atoms with Crippen LogP contribution < -0.4 is 4.90 Å². The van der Waals surface area contributed by atoms with Crippen molar-refractivity contribution in [1.29, 1.82) is 0 Å². The smallest absolute Gasteiger partial charge is 0.0547 e. The Morgan fingerprint density at radius 2 is 0.783 bits per heavy atom. The van der Waals surface area contributed by atoms with Gasteiger partial charge in [0.1, 0.15) is 0 Å². The molecule has 0 aliphatic carbocycles. The zero-order chi connectivity index (χ0) is 39.8. The highest BCUT2D eigenvalue weighted by Gasteiger charge is 2.21. The molecule has 0 aliphatic rings. The van der Waals surface area contributed by atoms with Crippen LogP contribution in [0, 0.1) is 0 Å². The Balaban J connectivity index is 1.12. The van der Waals surface area contributed by atoms with E-state index in [1.54, 1.807) is 0 Å². The van der Waals surface area contributed by atoms with Crippen molar-refractivity contribution >= 4 is 49.6 Å². The number of hydrogen-bond donors (Lipinski definition) is 0. The largest absolute Gasteiger partial charge is 0.310 e. The van der Waals surface area contributed by atoms with E-state index in [1.807, 2.05) is 0 Å². The van der Waals surface area contributed by atoms with Crippen LogP contribution in [0.15, 0.2) is 243 Å². The number of fused-ring (bicyclic) bond motifs is 5. The summed E-state index contributed by atoms with van der Waals surface area (Å²) < 4.78 is 2.46. The van der Waals surface area contributed by atoms with E-state index in [9.17, 15) is 0 Å². The lowest BCUT2D eigenvalue weighted by molar-refractivity contribution is 1.17. The number of anilines is 3. The normalized spacial score (nSPS) is 11.3. The summed E-state index contributed by atoms with van der Waals surface area (Å²) in [6, 6.07) is 87.8. The zero-order valence-electron chi connectivity index (χ0n) is 33.0. The summed E-state index contributed by atoms with van der Waals surface area (Å²) >= 11 is 0. The third-order valence-electron chi connectivity index (χ3n) is 11.8. The number of nitrogens with zero attached hydrogens (tertiary/aromatic N) is 2. The summed E-state index contributed by atoms with van der Waals surface area (Å²) in [6.07, 6.45) is 0. The first kappa shape index (κ1) is 35.2. The van der Waals surface area contributed by atoms with Crippen molar-refractivity contribution in [1.82, 2.24) is 4.57 Å². The van der Waals surface area contributed by atoms with Crippen LogP contribution >= 0.6 is 0 Å². The Kier molecular flexibility index (Phi) is 8.87. The van der Waals surface area contributed by atoms with E-state index in [0.29, 0.717) is 0 Å². The first-order valence-electron chi connectivity index (χ1n) is 20.6. The quantitative estimate of drug-likeness (QED) is 0.150. The van der Waals surface area contributed by atoms with Crippen molar-refractivity contribution in [3.05, 3.63) is 243 Å². The van der Waals surface area contributed by atoms with Gasteiger partial charge in [-0.2, -0.15) is 0 Å². The van der Waals surface area contributed by atoms with Crippen LogP contribution in [0.1, 0.15) is 0 Å². The number of aromatic nitrogens is 1. The SMILES string of the molecule is c1ccc(-c2ccc(N(c3ccc(-c4ccccc4)cc3)c3cccc(-n4c5cccc(-c6ccccc6-c6ccccc6)c5c5c6ccccc6ccc54)c3)cc2)cc1. The molecule has 0 saturated heterocycles. The van der Waals surface area contributed by atoms with E-state index in [4.69, 9.17) is 0 Å². The molecule has 282 valence electrons. The molecule has 0 spiro atoms. The highest BCUT2D eigenvalue weighted by molar-refractivity contribution is 6.25. The van der Waals surface area contributed by atoms with Gasteiger partial charge in [-0.05, 0) is 110 Å². The number of benzene rings is 10. The van der Waals surface area contributed by atoms with E-state index in [2.05, 4.69) is 252 Å². The molecule has 10 aromatic carbocycles. The standard InChI is InChI=1S/C58H40N2/c1-4-16-41(17-5-1)43-30-35-47(36-31-43)59(48-37-32-44(33-38-48)42-18-6-2-7-19-42)49-23-14-24-50(40-49)60-55-29-15-28-54(53-27-13-12-25-51(53)45-20-8-3-9-21-45)58(55)57-52-26-11-10-22-46(52)34-39-56(57)60/h1-40H. The van der Waals surface area contributed by atoms with Gasteiger partial charge < -0.3 is 9.47 Å². The molecular formula is C58H40N2. The van der Waals surface area contributed by atoms with Crippen molar-refractivity contribution in [2.75, 3.05) is 4.90 Å². The Morgan fingerprint density at radius 1 is 0.283 bits per heavy atom. The van der Waals surface area contributed by atoms with Gasteiger partial charge in [0.25, 0.3) is 0 Å². The average molecular weight is 765 g/mol. The molecule has 1 aromatic heterocycles. The maximum Gasteiger partial charge on any atom is 0.0547 e. The van der Waals surface area contributed by atoms with Gasteiger partial charge in [-0.25, -0.2) is 0 Å². The van der Waals surface area contributed by atoms with Gasteiger partial charge in [0.15, 0.2) is 0 Å². The van der Waals surface area contributed by atoms with Crippen molar-refractivity contribution in [3.8, 4) is 50.2 Å². The van der Waals surface area contributed by atoms with E-state index in [0.717, 1.165) is 22.7 Å². The molecule has 0 unspecified atom stereocenters. The van der Waals surface area contributed by atoms with Crippen molar-refractivity contribution < 1.29 is 0 Å². The molecule has 11 aromatic rings. The summed E-state index contributed by atoms with van der Waals surface area (Å²) in [5.41, 5.74) is 16.4. The molecule has 0 N–H and O–H groups in total. The summed E-state index contributed by atoms with van der Waals surface area (Å²) in [4.78, 5) is 2.37. The minimum absolute atomic E-state index is 1.08. The summed E-state index contributed by atoms with van der Waals surface area (Å²) in [5, 5.41) is 4.99. The molecule has 0 atom stereocenters. The van der Waals surface area contributed by atoms with Crippen molar-refractivity contribution in [3.63, 3.8) is 0 Å². The van der Waals surface area contributed by atoms with Crippen molar-refractivity contribution in [2.24, 2.45) is 0 Å². The maximum absolute atomic E-state index is 2.46. The van der Waals surface area contributed by atoms with Crippen LogP contribution in [0.4, 0.5) is 17.1 Å². The lowest BCUT2D eigenvalue weighted by atomic mass is 9.91. The van der Waals surface area contributed by atoms with Gasteiger partial charge in [0, 0.05) is 33.5 Å². The molecule has 1 heterocycles. The molecule has 0 aliphatic heterocycles. The summed E-state index contributed by atoms with van der Waals surface area (Å²) in [5.74, 6) is 0. The van der Waals surface area contributed by atoms with Crippen LogP contribution in [-0.4, -0.2) is 4.57 Å². The molecule has 60 heavy (non-hydrogen) atoms. The second-order valence-electron chi connectivity index (χ2n) is 15.3. The van der Waals surface area contributed by atoms with Gasteiger partial charge in [0.2, 0.25) is 0 Å². The van der Waals surface area contributed by atoms with Crippen LogP contribution in [0.5, 0.6) is 0 Å². The summed E-state index contributed by atoms with van der Waals surface area (Å²) in [6.45, 7) is 0. The Morgan fingerprint density at radius 3 is 1.43 bits per heavy atom. The van der Waals surface area contributed by atoms with E-state index in [-0.39, 0.29) is 0 Å². The van der Waals surface area contributed by atoms with Gasteiger partial charge in [-0.1, -0.05) is 188 Å². The minimum atomic E-state index is 1.08. The van der Waals surface area contributed by atoms with Crippen LogP contribution in [0.25, 0.3) is 82.8 Å². The lowest BCUT2D eigenvalue weighted by Gasteiger charge is -2.26. The first-order chi connectivity index (χ1) is 29.8. The molecule has 0 fully saturated rings. The second kappa shape index (κ2) is 15.1. The molecule has 0 saturated carbocycles. The molecule has 2 heteroatoms. The summed E-state index contributed by atoms with van der Waals surface area (Å²) in [7, 11) is 0. The Bertz CT molecular complexity index is 3190. The maximum atomic E-state index is 2.46. The highest BCUT2D eigenvalue weighted by atomic mass is 15.1. The van der Waals surface area contributed by atoms with Crippen LogP contribution in [-0.2, 0) is 0 Å². The van der Waals surface area contributed by atoms with Gasteiger partial charge >= 0.3 is 0 Å². The zero-order valence-corrected chi connectivity index (χ0v) is 33.0. The molecule has 11 rings (SSSR count). The monoisotopic (exact) mass is 764 g/mol. The number of rotatable bonds is 8. The predicted molar refractivity (Wildman–Crippen MR) is 255 cm³/mol. The molecule has 0 amide bonds. The van der Waals surface area contributed by atoms with Crippen LogP contribution in [0.2, 0.25) is 0 Å². The topological polar surface area (TPSA) is 8.17 Å². The molecule has 0 radical (unpaired) electrons. The first-order valence-corrected chi connectivity index (χ1v) is 20.6. The average Bonchev–Trinajstić information content (AvgIpc) is 3.68. The van der Waals surface area contributed by atoms with Crippen molar-refractivity contribution in [2.45, 2.75) is 0 Å². The predicted octanol–water partition coefficient (Wildman–Crippen LogP) is 16.1. The van der Waals surface area contributed by atoms with E-state index < -0.39 is 0 Å². The third kappa shape index (κ3) is 6.23. The van der Waals surface area contributed by atoms with Crippen LogP contribution in [0.3, 0.4) is 0 Å². The minimum Gasteiger partial charge on any atom is -0.310 e. The fraction of sp³-hybridized carbons (Fsp3) is 0. The fourth-order valence-electron chi connectivity index (χ4n) is 9.00. The Hall–Kier alpha value is -7.94. The molecule has 2 nitrogen and oxygen atoms in total. The lowest BCUT2D eigenvalue weighted by Crippen LogP contribution is -2.10. The van der Waals surface area contributed by atoms with Gasteiger partial charge in [-0.15, -0.1) is 0 Å². The molecule has 0 bridgehead atoms. The Labute approximate surface area is 350 Å². The van der Waals surface area contributed by atoms with Gasteiger partial charge in [-0.3, -0.25) is 0 Å².